The van der Waals surface area contributed by atoms with Gasteiger partial charge in [-0.15, -0.1) is 0 Å². The van der Waals surface area contributed by atoms with Gasteiger partial charge in [0.15, 0.2) is 11.5 Å². The first-order valence-electron chi connectivity index (χ1n) is 8.39. The molecule has 0 atom stereocenters. The molecule has 0 amide bonds. The Kier molecular flexibility index (Phi) is 5.76. The highest BCUT2D eigenvalue weighted by Gasteiger charge is 2.17. The zero-order valence-electron chi connectivity index (χ0n) is 15.7. The molecule has 0 bridgehead atoms. The third-order valence-corrected chi connectivity index (χ3v) is 4.35. The number of halogens is 1. The number of rotatable bonds is 7. The van der Waals surface area contributed by atoms with E-state index in [4.69, 9.17) is 30.5 Å². The molecule has 0 aliphatic carbocycles. The van der Waals surface area contributed by atoms with Crippen molar-refractivity contribution in [2.45, 2.75) is 6.92 Å². The van der Waals surface area contributed by atoms with E-state index in [2.05, 4.69) is 4.98 Å². The monoisotopic (exact) mass is 388 g/mol. The maximum Gasteiger partial charge on any atom is 0.203 e. The molecule has 1 aromatic heterocycles. The standard InChI is InChI=1S/C20H21ClN2O4/c1-5-27-16-7-6-13(10-15(16)21)20-22-8-9-23(20)14-11-17(24-2)19(26-4)18(12-14)25-3/h6-12H,5H2,1-4H3. The lowest BCUT2D eigenvalue weighted by Crippen LogP contribution is -2.01. The van der Waals surface area contributed by atoms with E-state index in [9.17, 15) is 0 Å². The fourth-order valence-corrected chi connectivity index (χ4v) is 3.08. The Morgan fingerprint density at radius 3 is 2.22 bits per heavy atom. The van der Waals surface area contributed by atoms with Crippen LogP contribution < -0.4 is 18.9 Å². The van der Waals surface area contributed by atoms with Gasteiger partial charge in [0, 0.05) is 30.1 Å². The highest BCUT2D eigenvalue weighted by molar-refractivity contribution is 6.32. The van der Waals surface area contributed by atoms with Crippen molar-refractivity contribution in [3.63, 3.8) is 0 Å². The first-order chi connectivity index (χ1) is 13.1. The van der Waals surface area contributed by atoms with Crippen LogP contribution in [0.4, 0.5) is 0 Å². The number of ether oxygens (including phenoxy) is 4. The second-order valence-corrected chi connectivity index (χ2v) is 5.99. The summed E-state index contributed by atoms with van der Waals surface area (Å²) in [5, 5.41) is 0.536. The summed E-state index contributed by atoms with van der Waals surface area (Å²) in [5.74, 6) is 3.05. The largest absolute Gasteiger partial charge is 0.493 e. The van der Waals surface area contributed by atoms with Gasteiger partial charge in [0.2, 0.25) is 5.75 Å². The molecule has 0 saturated carbocycles. The van der Waals surface area contributed by atoms with Crippen LogP contribution in [0.2, 0.25) is 5.02 Å². The fraction of sp³-hybridized carbons (Fsp3) is 0.250. The summed E-state index contributed by atoms with van der Waals surface area (Å²) in [6, 6.07) is 9.33. The van der Waals surface area contributed by atoms with Crippen molar-refractivity contribution < 1.29 is 18.9 Å². The van der Waals surface area contributed by atoms with Gasteiger partial charge in [-0.3, -0.25) is 4.57 Å². The van der Waals surface area contributed by atoms with Gasteiger partial charge in [-0.2, -0.15) is 0 Å². The Hall–Kier alpha value is -2.86. The summed E-state index contributed by atoms with van der Waals surface area (Å²) < 4.78 is 23.7. The highest BCUT2D eigenvalue weighted by atomic mass is 35.5. The first kappa shape index (κ1) is 18.9. The predicted octanol–water partition coefficient (Wildman–Crippen LogP) is 4.62. The van der Waals surface area contributed by atoms with Gasteiger partial charge >= 0.3 is 0 Å². The van der Waals surface area contributed by atoms with E-state index >= 15 is 0 Å². The zero-order valence-corrected chi connectivity index (χ0v) is 16.4. The third-order valence-electron chi connectivity index (χ3n) is 4.06. The number of hydrogen-bond donors (Lipinski definition) is 0. The first-order valence-corrected chi connectivity index (χ1v) is 8.77. The van der Waals surface area contributed by atoms with Crippen LogP contribution in [0, 0.1) is 0 Å². The van der Waals surface area contributed by atoms with E-state index in [-0.39, 0.29) is 0 Å². The molecule has 3 aromatic rings. The molecule has 0 radical (unpaired) electrons. The highest BCUT2D eigenvalue weighted by Crippen LogP contribution is 2.40. The van der Waals surface area contributed by atoms with Crippen LogP contribution in [0.5, 0.6) is 23.0 Å². The average molecular weight is 389 g/mol. The minimum Gasteiger partial charge on any atom is -0.493 e. The molecule has 142 valence electrons. The van der Waals surface area contributed by atoms with Crippen molar-refractivity contribution in [1.29, 1.82) is 0 Å². The predicted molar refractivity (Wildman–Crippen MR) is 105 cm³/mol. The topological polar surface area (TPSA) is 54.7 Å². The van der Waals surface area contributed by atoms with Crippen LogP contribution in [-0.4, -0.2) is 37.5 Å². The zero-order chi connectivity index (χ0) is 19.4. The quantitative estimate of drug-likeness (QED) is 0.591. The maximum absolute atomic E-state index is 6.34. The van der Waals surface area contributed by atoms with Gasteiger partial charge in [0.25, 0.3) is 0 Å². The molecule has 0 aliphatic heterocycles. The van der Waals surface area contributed by atoms with E-state index in [1.165, 1.54) is 0 Å². The van der Waals surface area contributed by atoms with E-state index in [1.54, 1.807) is 27.5 Å². The normalized spacial score (nSPS) is 10.6. The lowest BCUT2D eigenvalue weighted by atomic mass is 10.2. The second kappa shape index (κ2) is 8.22. The molecule has 0 spiro atoms. The Morgan fingerprint density at radius 1 is 0.963 bits per heavy atom. The van der Waals surface area contributed by atoms with Crippen LogP contribution in [0.25, 0.3) is 17.1 Å². The van der Waals surface area contributed by atoms with Gasteiger partial charge in [0.05, 0.1) is 38.6 Å². The van der Waals surface area contributed by atoms with Crippen molar-refractivity contribution in [3.8, 4) is 40.1 Å². The van der Waals surface area contributed by atoms with Crippen LogP contribution in [0.15, 0.2) is 42.7 Å². The molecule has 0 unspecified atom stereocenters. The summed E-state index contributed by atoms with van der Waals surface area (Å²) in [5.41, 5.74) is 1.68. The van der Waals surface area contributed by atoms with Crippen LogP contribution >= 0.6 is 11.6 Å². The van der Waals surface area contributed by atoms with Crippen LogP contribution in [-0.2, 0) is 0 Å². The minimum absolute atomic E-state index is 0.536. The number of nitrogens with zero attached hydrogens (tertiary/aromatic N) is 2. The molecule has 27 heavy (non-hydrogen) atoms. The van der Waals surface area contributed by atoms with Crippen molar-refractivity contribution in [3.05, 3.63) is 47.7 Å². The van der Waals surface area contributed by atoms with E-state index in [0.29, 0.717) is 34.6 Å². The Bertz CT molecular complexity index is 914. The fourth-order valence-electron chi connectivity index (χ4n) is 2.84. The van der Waals surface area contributed by atoms with Crippen molar-refractivity contribution in [2.24, 2.45) is 0 Å². The molecule has 2 aromatic carbocycles. The molecule has 3 rings (SSSR count). The summed E-state index contributed by atoms with van der Waals surface area (Å²) >= 11 is 6.34. The number of methoxy groups -OCH3 is 3. The van der Waals surface area contributed by atoms with Crippen molar-refractivity contribution >= 4 is 11.6 Å². The molecular formula is C20H21ClN2O4. The minimum atomic E-state index is 0.536. The molecule has 0 aliphatic rings. The molecule has 0 saturated heterocycles. The van der Waals surface area contributed by atoms with E-state index in [1.807, 2.05) is 48.0 Å². The summed E-state index contributed by atoms with van der Waals surface area (Å²) in [6.45, 7) is 2.47. The SMILES string of the molecule is CCOc1ccc(-c2nccn2-c2cc(OC)c(OC)c(OC)c2)cc1Cl. The lowest BCUT2D eigenvalue weighted by Gasteiger charge is -2.16. The van der Waals surface area contributed by atoms with Gasteiger partial charge < -0.3 is 18.9 Å². The van der Waals surface area contributed by atoms with Crippen molar-refractivity contribution in [2.75, 3.05) is 27.9 Å². The van der Waals surface area contributed by atoms with Crippen molar-refractivity contribution in [1.82, 2.24) is 9.55 Å². The molecular weight excluding hydrogens is 368 g/mol. The van der Waals surface area contributed by atoms with Gasteiger partial charge in [0.1, 0.15) is 11.6 Å². The molecule has 0 fully saturated rings. The molecule has 1 heterocycles. The molecule has 7 heteroatoms. The van der Waals surface area contributed by atoms with Crippen LogP contribution in [0.1, 0.15) is 6.92 Å². The van der Waals surface area contributed by atoms with E-state index in [0.717, 1.165) is 17.1 Å². The summed E-state index contributed by atoms with van der Waals surface area (Å²) in [4.78, 5) is 4.48. The van der Waals surface area contributed by atoms with Gasteiger partial charge in [-0.25, -0.2) is 4.98 Å². The Balaban J connectivity index is 2.09. The van der Waals surface area contributed by atoms with Gasteiger partial charge in [-0.1, -0.05) is 11.6 Å². The third kappa shape index (κ3) is 3.66. The second-order valence-electron chi connectivity index (χ2n) is 5.58. The Morgan fingerprint density at radius 2 is 1.67 bits per heavy atom. The Labute approximate surface area is 163 Å². The summed E-state index contributed by atoms with van der Waals surface area (Å²) in [7, 11) is 4.74. The smallest absolute Gasteiger partial charge is 0.203 e. The molecule has 0 N–H and O–H groups in total. The number of benzene rings is 2. The summed E-state index contributed by atoms with van der Waals surface area (Å²) in [6.07, 6.45) is 3.59. The number of imidazole rings is 1. The van der Waals surface area contributed by atoms with Crippen LogP contribution in [0.3, 0.4) is 0 Å². The molecule has 6 nitrogen and oxygen atoms in total. The number of hydrogen-bond acceptors (Lipinski definition) is 5. The van der Waals surface area contributed by atoms with Gasteiger partial charge in [-0.05, 0) is 25.1 Å². The maximum atomic E-state index is 6.34. The number of aromatic nitrogens is 2. The van der Waals surface area contributed by atoms with E-state index < -0.39 is 0 Å². The lowest BCUT2D eigenvalue weighted by molar-refractivity contribution is 0.324. The average Bonchev–Trinajstić information content (AvgIpc) is 3.18.